The molecule has 3 heterocycles. The van der Waals surface area contributed by atoms with Gasteiger partial charge in [-0.2, -0.15) is 0 Å². The van der Waals surface area contributed by atoms with Gasteiger partial charge in [0.25, 0.3) is 0 Å². The minimum Gasteiger partial charge on any atom is -0.373 e. The minimum atomic E-state index is -3.14. The molecule has 0 bridgehead atoms. The Kier molecular flexibility index (Phi) is 4.22. The lowest BCUT2D eigenvalue weighted by atomic mass is 10.3. The highest BCUT2D eigenvalue weighted by Crippen LogP contribution is 2.13. The van der Waals surface area contributed by atoms with E-state index >= 15 is 0 Å². The van der Waals surface area contributed by atoms with Gasteiger partial charge < -0.3 is 19.4 Å². The topological polar surface area (TPSA) is 93.0 Å². The lowest BCUT2D eigenvalue weighted by molar-refractivity contribution is 0.000459. The van der Waals surface area contributed by atoms with Gasteiger partial charge in [-0.05, 0) is 6.07 Å². The van der Waals surface area contributed by atoms with Crippen LogP contribution in [0.25, 0.3) is 5.65 Å². The summed E-state index contributed by atoms with van der Waals surface area (Å²) in [6, 6.07) is 3.27. The lowest BCUT2D eigenvalue weighted by Crippen LogP contribution is -2.49. The fourth-order valence-corrected chi connectivity index (χ4v) is 3.41. The smallest absolute Gasteiger partial charge is 0.322 e. The predicted octanol–water partition coefficient (Wildman–Crippen LogP) is 0.612. The van der Waals surface area contributed by atoms with Crippen LogP contribution in [0.3, 0.4) is 0 Å². The fourth-order valence-electron chi connectivity index (χ4n) is 2.53. The second-order valence-electron chi connectivity index (χ2n) is 5.57. The summed E-state index contributed by atoms with van der Waals surface area (Å²) in [5.74, 6) is -0.0865. The SMILES string of the molecule is CS(=O)(=O)CC1CN(C(=O)Nc2ccn3ccnc3c2)CCO1. The van der Waals surface area contributed by atoms with Crippen LogP contribution in [0.15, 0.2) is 30.7 Å². The molecule has 0 saturated carbocycles. The van der Waals surface area contributed by atoms with Crippen molar-refractivity contribution in [2.75, 3.05) is 37.0 Å². The number of hydrogen-bond donors (Lipinski definition) is 1. The first-order valence-corrected chi connectivity index (χ1v) is 9.25. The first-order valence-electron chi connectivity index (χ1n) is 7.19. The van der Waals surface area contributed by atoms with Crippen molar-refractivity contribution >= 4 is 27.2 Å². The van der Waals surface area contributed by atoms with Gasteiger partial charge in [-0.1, -0.05) is 0 Å². The monoisotopic (exact) mass is 338 g/mol. The van der Waals surface area contributed by atoms with Gasteiger partial charge in [0.1, 0.15) is 15.5 Å². The van der Waals surface area contributed by atoms with Crippen LogP contribution in [-0.4, -0.2) is 66.5 Å². The number of carbonyl (C=O) groups excluding carboxylic acids is 1. The quantitative estimate of drug-likeness (QED) is 0.885. The number of amides is 2. The normalized spacial score (nSPS) is 19.0. The second-order valence-corrected chi connectivity index (χ2v) is 7.75. The molecule has 1 unspecified atom stereocenters. The Balaban J connectivity index is 1.65. The first kappa shape index (κ1) is 15.8. The van der Waals surface area contributed by atoms with E-state index in [4.69, 9.17) is 4.74 Å². The van der Waals surface area contributed by atoms with Crippen molar-refractivity contribution in [1.82, 2.24) is 14.3 Å². The summed E-state index contributed by atoms with van der Waals surface area (Å²) in [7, 11) is -3.14. The third-order valence-corrected chi connectivity index (χ3v) is 4.54. The maximum absolute atomic E-state index is 12.3. The highest BCUT2D eigenvalue weighted by molar-refractivity contribution is 7.90. The van der Waals surface area contributed by atoms with Gasteiger partial charge in [0.05, 0.1) is 18.5 Å². The van der Waals surface area contributed by atoms with E-state index in [1.54, 1.807) is 23.2 Å². The Morgan fingerprint density at radius 3 is 3.09 bits per heavy atom. The molecule has 0 radical (unpaired) electrons. The number of urea groups is 1. The summed E-state index contributed by atoms with van der Waals surface area (Å²) in [6.45, 7) is 1.01. The molecule has 3 rings (SSSR count). The maximum Gasteiger partial charge on any atom is 0.322 e. The first-order chi connectivity index (χ1) is 10.9. The third-order valence-electron chi connectivity index (χ3n) is 3.56. The number of hydrogen-bond acceptors (Lipinski definition) is 5. The van der Waals surface area contributed by atoms with Gasteiger partial charge in [-0.25, -0.2) is 18.2 Å². The Morgan fingerprint density at radius 2 is 2.30 bits per heavy atom. The van der Waals surface area contributed by atoms with E-state index in [0.717, 1.165) is 11.9 Å². The van der Waals surface area contributed by atoms with Crippen molar-refractivity contribution in [3.8, 4) is 0 Å². The van der Waals surface area contributed by atoms with Crippen LogP contribution in [0.5, 0.6) is 0 Å². The van der Waals surface area contributed by atoms with Crippen molar-refractivity contribution in [2.24, 2.45) is 0 Å². The molecule has 1 aliphatic rings. The van der Waals surface area contributed by atoms with Crippen molar-refractivity contribution < 1.29 is 17.9 Å². The molecule has 23 heavy (non-hydrogen) atoms. The standard InChI is InChI=1S/C14H18N4O4S/c1-23(20,21)10-12-9-18(6-7-22-12)14(19)16-11-2-4-17-5-3-15-13(17)8-11/h2-5,8,12H,6-7,9-10H2,1H3,(H,16,19). The van der Waals surface area contributed by atoms with Crippen LogP contribution in [0.4, 0.5) is 10.5 Å². The molecule has 1 atom stereocenters. The van der Waals surface area contributed by atoms with E-state index < -0.39 is 15.9 Å². The van der Waals surface area contributed by atoms with Crippen LogP contribution in [0.1, 0.15) is 0 Å². The number of nitrogens with zero attached hydrogens (tertiary/aromatic N) is 3. The zero-order chi connectivity index (χ0) is 16.4. The number of sulfone groups is 1. The van der Waals surface area contributed by atoms with Gasteiger partial charge in [0.15, 0.2) is 0 Å². The van der Waals surface area contributed by atoms with E-state index in [0.29, 0.717) is 18.8 Å². The van der Waals surface area contributed by atoms with E-state index in [2.05, 4.69) is 10.3 Å². The van der Waals surface area contributed by atoms with Gasteiger partial charge in [0.2, 0.25) is 0 Å². The number of aromatic nitrogens is 2. The highest BCUT2D eigenvalue weighted by atomic mass is 32.2. The molecule has 1 aliphatic heterocycles. The Hall–Kier alpha value is -2.13. The number of fused-ring (bicyclic) bond motifs is 1. The zero-order valence-electron chi connectivity index (χ0n) is 12.7. The molecule has 0 aromatic carbocycles. The number of pyridine rings is 1. The van der Waals surface area contributed by atoms with E-state index in [1.807, 2.05) is 16.8 Å². The molecule has 0 aliphatic carbocycles. The second kappa shape index (κ2) is 6.17. The third kappa shape index (κ3) is 3.99. The summed E-state index contributed by atoms with van der Waals surface area (Å²) in [6.07, 6.45) is 5.98. The Morgan fingerprint density at radius 1 is 1.48 bits per heavy atom. The molecule has 2 amide bonds. The Bertz CT molecular complexity index is 817. The van der Waals surface area contributed by atoms with Crippen molar-refractivity contribution in [3.63, 3.8) is 0 Å². The fraction of sp³-hybridized carbons (Fsp3) is 0.429. The molecule has 9 heteroatoms. The number of morpholine rings is 1. The van der Waals surface area contributed by atoms with E-state index in [1.165, 1.54) is 0 Å². The number of nitrogens with one attached hydrogen (secondary N) is 1. The molecule has 2 aromatic heterocycles. The highest BCUT2D eigenvalue weighted by Gasteiger charge is 2.26. The molecule has 1 N–H and O–H groups in total. The van der Waals surface area contributed by atoms with Gasteiger partial charge in [-0.15, -0.1) is 0 Å². The van der Waals surface area contributed by atoms with Crippen LogP contribution in [0, 0.1) is 0 Å². The van der Waals surface area contributed by atoms with Crippen LogP contribution < -0.4 is 5.32 Å². The number of ether oxygens (including phenoxy) is 1. The van der Waals surface area contributed by atoms with Gasteiger partial charge >= 0.3 is 6.03 Å². The minimum absolute atomic E-state index is 0.0865. The molecule has 8 nitrogen and oxygen atoms in total. The number of carbonyl (C=O) groups is 1. The van der Waals surface area contributed by atoms with Crippen molar-refractivity contribution in [3.05, 3.63) is 30.7 Å². The molecule has 1 saturated heterocycles. The van der Waals surface area contributed by atoms with Crippen LogP contribution >= 0.6 is 0 Å². The summed E-state index contributed by atoms with van der Waals surface area (Å²) >= 11 is 0. The lowest BCUT2D eigenvalue weighted by Gasteiger charge is -2.32. The van der Waals surface area contributed by atoms with Crippen LogP contribution in [-0.2, 0) is 14.6 Å². The summed E-state index contributed by atoms with van der Waals surface area (Å²) in [5.41, 5.74) is 1.37. The number of anilines is 1. The average Bonchev–Trinajstić information content (AvgIpc) is 2.93. The molecule has 124 valence electrons. The van der Waals surface area contributed by atoms with Gasteiger partial charge in [-0.3, -0.25) is 0 Å². The molecular weight excluding hydrogens is 320 g/mol. The summed E-state index contributed by atoms with van der Waals surface area (Å²) < 4.78 is 30.0. The van der Waals surface area contributed by atoms with E-state index in [-0.39, 0.29) is 18.3 Å². The average molecular weight is 338 g/mol. The largest absolute Gasteiger partial charge is 0.373 e. The number of imidazole rings is 1. The zero-order valence-corrected chi connectivity index (χ0v) is 13.5. The Labute approximate surface area is 134 Å². The van der Waals surface area contributed by atoms with E-state index in [9.17, 15) is 13.2 Å². The van der Waals surface area contributed by atoms with Crippen LogP contribution in [0.2, 0.25) is 0 Å². The van der Waals surface area contributed by atoms with Crippen molar-refractivity contribution in [2.45, 2.75) is 6.10 Å². The number of rotatable bonds is 3. The van der Waals surface area contributed by atoms with Gasteiger partial charge in [0, 0.05) is 49.7 Å². The maximum atomic E-state index is 12.3. The molecular formula is C14H18N4O4S. The predicted molar refractivity (Wildman–Crippen MR) is 85.2 cm³/mol. The molecule has 2 aromatic rings. The van der Waals surface area contributed by atoms with Crippen molar-refractivity contribution in [1.29, 1.82) is 0 Å². The molecule has 0 spiro atoms. The molecule has 1 fully saturated rings. The summed E-state index contributed by atoms with van der Waals surface area (Å²) in [4.78, 5) is 18.1. The summed E-state index contributed by atoms with van der Waals surface area (Å²) in [5, 5.41) is 2.81.